The van der Waals surface area contributed by atoms with Crippen LogP contribution in [0.4, 0.5) is 0 Å². The van der Waals surface area contributed by atoms with Gasteiger partial charge in [-0.3, -0.25) is 0 Å². The van der Waals surface area contributed by atoms with Gasteiger partial charge in [0.05, 0.1) is 6.10 Å². The quantitative estimate of drug-likeness (QED) is 0.494. The van der Waals surface area contributed by atoms with E-state index in [1.165, 1.54) is 0 Å². The molecule has 1 saturated heterocycles. The van der Waals surface area contributed by atoms with Crippen LogP contribution in [-0.4, -0.2) is 25.0 Å². The maximum atomic E-state index is 5.71. The molecule has 52 valence electrons. The zero-order valence-corrected chi connectivity index (χ0v) is 5.25. The Morgan fingerprint density at radius 1 is 1.22 bits per heavy atom. The van der Waals surface area contributed by atoms with Gasteiger partial charge < -0.3 is 15.2 Å². The second-order valence-corrected chi connectivity index (χ2v) is 2.70. The predicted molar refractivity (Wildman–Crippen MR) is 31.8 cm³/mol. The maximum Gasteiger partial charge on any atom is 0.147 e. The van der Waals surface area contributed by atoms with Crippen LogP contribution in [0.3, 0.4) is 0 Å². The van der Waals surface area contributed by atoms with Gasteiger partial charge in [-0.05, 0) is 12.8 Å². The number of nitrogens with two attached hydrogens (primary N) is 1. The molecule has 0 bridgehead atoms. The summed E-state index contributed by atoms with van der Waals surface area (Å²) in [4.78, 5) is 0. The Balaban J connectivity index is 2.07. The summed E-state index contributed by atoms with van der Waals surface area (Å²) in [6.45, 7) is 0.447. The second kappa shape index (κ2) is 1.94. The fraction of sp³-hybridized carbons (Fsp3) is 1.00. The van der Waals surface area contributed by atoms with Crippen molar-refractivity contribution in [3.63, 3.8) is 0 Å². The second-order valence-electron chi connectivity index (χ2n) is 2.70. The van der Waals surface area contributed by atoms with Crippen molar-refractivity contribution in [1.82, 2.24) is 0 Å². The Kier molecular flexibility index (Phi) is 1.22. The molecule has 0 aromatic heterocycles. The molecular formula is C6H11NO2. The standard InChI is InChI=1S/C6H11NO2/c7-4-1-2-5-6(4)9-3-8-5/h4-6H,1-3,7H2. The lowest BCUT2D eigenvalue weighted by Crippen LogP contribution is -2.33. The van der Waals surface area contributed by atoms with Crippen molar-refractivity contribution in [2.75, 3.05) is 6.79 Å². The van der Waals surface area contributed by atoms with Gasteiger partial charge in [-0.2, -0.15) is 0 Å². The third-order valence-electron chi connectivity index (χ3n) is 2.12. The summed E-state index contributed by atoms with van der Waals surface area (Å²) in [7, 11) is 0. The van der Waals surface area contributed by atoms with Crippen LogP contribution in [0, 0.1) is 0 Å². The lowest BCUT2D eigenvalue weighted by atomic mass is 10.2. The highest BCUT2D eigenvalue weighted by molar-refractivity contribution is 4.91. The fourth-order valence-corrected chi connectivity index (χ4v) is 1.58. The first-order valence-electron chi connectivity index (χ1n) is 3.37. The highest BCUT2D eigenvalue weighted by atomic mass is 16.7. The zero-order chi connectivity index (χ0) is 6.27. The van der Waals surface area contributed by atoms with E-state index in [0.29, 0.717) is 12.9 Å². The molecule has 2 rings (SSSR count). The van der Waals surface area contributed by atoms with E-state index in [1.807, 2.05) is 0 Å². The lowest BCUT2D eigenvalue weighted by molar-refractivity contribution is 0.0259. The van der Waals surface area contributed by atoms with Gasteiger partial charge in [-0.25, -0.2) is 0 Å². The van der Waals surface area contributed by atoms with Crippen LogP contribution in [0.5, 0.6) is 0 Å². The Hall–Kier alpha value is -0.120. The number of hydrogen-bond acceptors (Lipinski definition) is 3. The number of ether oxygens (including phenoxy) is 2. The minimum Gasteiger partial charge on any atom is -0.349 e. The first kappa shape index (κ1) is 5.65. The van der Waals surface area contributed by atoms with E-state index in [4.69, 9.17) is 15.2 Å². The third kappa shape index (κ3) is 0.764. The first-order valence-corrected chi connectivity index (χ1v) is 3.37. The van der Waals surface area contributed by atoms with Gasteiger partial charge in [0.2, 0.25) is 0 Å². The average molecular weight is 129 g/mol. The van der Waals surface area contributed by atoms with Crippen molar-refractivity contribution in [3.05, 3.63) is 0 Å². The molecule has 9 heavy (non-hydrogen) atoms. The van der Waals surface area contributed by atoms with Gasteiger partial charge in [0.1, 0.15) is 12.9 Å². The van der Waals surface area contributed by atoms with Gasteiger partial charge in [0, 0.05) is 6.04 Å². The van der Waals surface area contributed by atoms with Crippen LogP contribution < -0.4 is 5.73 Å². The van der Waals surface area contributed by atoms with Crippen molar-refractivity contribution in [2.45, 2.75) is 31.1 Å². The molecule has 3 atom stereocenters. The summed E-state index contributed by atoms with van der Waals surface area (Å²) in [6, 6.07) is 0.220. The Morgan fingerprint density at radius 2 is 2.11 bits per heavy atom. The Bertz CT molecular complexity index is 118. The van der Waals surface area contributed by atoms with Crippen molar-refractivity contribution in [3.8, 4) is 0 Å². The number of rotatable bonds is 0. The van der Waals surface area contributed by atoms with Crippen molar-refractivity contribution >= 4 is 0 Å². The van der Waals surface area contributed by atoms with Gasteiger partial charge in [-0.1, -0.05) is 0 Å². The Morgan fingerprint density at radius 3 is 2.89 bits per heavy atom. The van der Waals surface area contributed by atoms with Gasteiger partial charge >= 0.3 is 0 Å². The molecule has 0 aromatic carbocycles. The van der Waals surface area contributed by atoms with E-state index in [9.17, 15) is 0 Å². The van der Waals surface area contributed by atoms with Crippen molar-refractivity contribution in [2.24, 2.45) is 5.73 Å². The van der Waals surface area contributed by atoms with Crippen LogP contribution >= 0.6 is 0 Å². The van der Waals surface area contributed by atoms with Crippen LogP contribution in [0.2, 0.25) is 0 Å². The molecule has 3 unspecified atom stereocenters. The molecule has 2 N–H and O–H groups in total. The maximum absolute atomic E-state index is 5.71. The van der Waals surface area contributed by atoms with Gasteiger partial charge in [0.15, 0.2) is 0 Å². The first-order chi connectivity index (χ1) is 4.38. The summed E-state index contributed by atoms with van der Waals surface area (Å²) in [5.41, 5.74) is 5.71. The van der Waals surface area contributed by atoms with Crippen LogP contribution in [-0.2, 0) is 9.47 Å². The molecule has 3 heteroatoms. The minimum atomic E-state index is 0.199. The fourth-order valence-electron chi connectivity index (χ4n) is 1.58. The topological polar surface area (TPSA) is 44.5 Å². The molecule has 1 saturated carbocycles. The van der Waals surface area contributed by atoms with Crippen LogP contribution in [0.1, 0.15) is 12.8 Å². The summed E-state index contributed by atoms with van der Waals surface area (Å²) < 4.78 is 10.5. The molecule has 1 heterocycles. The smallest absolute Gasteiger partial charge is 0.147 e. The van der Waals surface area contributed by atoms with Crippen LogP contribution in [0.15, 0.2) is 0 Å². The normalized spacial score (nSPS) is 49.7. The molecular weight excluding hydrogens is 118 g/mol. The molecule has 0 radical (unpaired) electrons. The molecule has 3 nitrogen and oxygen atoms in total. The molecule has 0 spiro atoms. The van der Waals surface area contributed by atoms with E-state index in [1.54, 1.807) is 0 Å². The highest BCUT2D eigenvalue weighted by Gasteiger charge is 2.39. The van der Waals surface area contributed by atoms with E-state index in [-0.39, 0.29) is 12.1 Å². The monoisotopic (exact) mass is 129 g/mol. The van der Waals surface area contributed by atoms with E-state index < -0.39 is 0 Å². The molecule has 1 aliphatic carbocycles. The lowest BCUT2D eigenvalue weighted by Gasteiger charge is -2.09. The molecule has 2 aliphatic rings. The van der Waals surface area contributed by atoms with Crippen molar-refractivity contribution < 1.29 is 9.47 Å². The summed E-state index contributed by atoms with van der Waals surface area (Å²) in [5, 5.41) is 0. The zero-order valence-electron chi connectivity index (χ0n) is 5.25. The van der Waals surface area contributed by atoms with Crippen molar-refractivity contribution in [1.29, 1.82) is 0 Å². The van der Waals surface area contributed by atoms with E-state index >= 15 is 0 Å². The Labute approximate surface area is 54.1 Å². The minimum absolute atomic E-state index is 0.199. The highest BCUT2D eigenvalue weighted by Crippen LogP contribution is 2.28. The van der Waals surface area contributed by atoms with E-state index in [2.05, 4.69) is 0 Å². The third-order valence-corrected chi connectivity index (χ3v) is 2.12. The van der Waals surface area contributed by atoms with Gasteiger partial charge in [0.25, 0.3) is 0 Å². The van der Waals surface area contributed by atoms with E-state index in [0.717, 1.165) is 12.8 Å². The predicted octanol–water partition coefficient (Wildman–Crippen LogP) is -0.151. The average Bonchev–Trinajstić information content (AvgIpc) is 2.35. The summed E-state index contributed by atoms with van der Waals surface area (Å²) >= 11 is 0. The van der Waals surface area contributed by atoms with Crippen LogP contribution in [0.25, 0.3) is 0 Å². The molecule has 0 amide bonds. The number of fused-ring (bicyclic) bond motifs is 1. The SMILES string of the molecule is NC1CCC2OCOC12. The summed E-state index contributed by atoms with van der Waals surface area (Å²) in [6.07, 6.45) is 2.63. The largest absolute Gasteiger partial charge is 0.349 e. The van der Waals surface area contributed by atoms with Gasteiger partial charge in [-0.15, -0.1) is 0 Å². The molecule has 2 fully saturated rings. The summed E-state index contributed by atoms with van der Waals surface area (Å²) in [5.74, 6) is 0. The molecule has 1 aliphatic heterocycles. The molecule has 0 aromatic rings. The number of hydrogen-bond donors (Lipinski definition) is 1.